The zero-order valence-corrected chi connectivity index (χ0v) is 15.0. The van der Waals surface area contributed by atoms with E-state index in [1.807, 2.05) is 26.1 Å². The predicted molar refractivity (Wildman–Crippen MR) is 97.1 cm³/mol. The Kier molecular flexibility index (Phi) is 5.24. The van der Waals surface area contributed by atoms with Crippen molar-refractivity contribution >= 4 is 11.6 Å². The van der Waals surface area contributed by atoms with E-state index < -0.39 is 0 Å². The number of rotatable bonds is 6. The molecule has 5 heteroatoms. The van der Waals surface area contributed by atoms with Crippen molar-refractivity contribution < 1.29 is 19.2 Å². The molecule has 25 heavy (non-hydrogen) atoms. The maximum Gasteiger partial charge on any atom is 0.282 e. The van der Waals surface area contributed by atoms with Crippen LogP contribution in [-0.4, -0.2) is 25.8 Å². The summed E-state index contributed by atoms with van der Waals surface area (Å²) in [6.07, 6.45) is 1.04. The van der Waals surface area contributed by atoms with Gasteiger partial charge in [-0.1, -0.05) is 31.2 Å². The summed E-state index contributed by atoms with van der Waals surface area (Å²) in [5.41, 5.74) is 3.29. The summed E-state index contributed by atoms with van der Waals surface area (Å²) in [5, 5.41) is 2.96. The van der Waals surface area contributed by atoms with Gasteiger partial charge in [-0.25, -0.2) is 0 Å². The first-order valence-corrected chi connectivity index (χ1v) is 8.67. The van der Waals surface area contributed by atoms with Gasteiger partial charge in [0, 0.05) is 17.3 Å². The fourth-order valence-electron chi connectivity index (χ4n) is 2.82. The summed E-state index contributed by atoms with van der Waals surface area (Å²) in [7, 11) is 2.04. The van der Waals surface area contributed by atoms with Gasteiger partial charge in [-0.15, -0.1) is 0 Å². The summed E-state index contributed by atoms with van der Waals surface area (Å²) in [6, 6.07) is 13.9. The standard InChI is InChI=1S/C20H24N2O3/c1-4-15-5-7-16(8-6-15)12-22(3)14(2)20(23)21-17-9-10-18-19(11-17)25-13-24-18/h5-11,14H,4,12-13H2,1-3H3,(H,21,23)/p+1/t14-/m1/s1. The van der Waals surface area contributed by atoms with Crippen LogP contribution in [0.25, 0.3) is 0 Å². The van der Waals surface area contributed by atoms with E-state index in [-0.39, 0.29) is 18.7 Å². The average Bonchev–Trinajstić information content (AvgIpc) is 3.09. The molecule has 0 radical (unpaired) electrons. The van der Waals surface area contributed by atoms with E-state index in [1.165, 1.54) is 11.1 Å². The molecule has 0 saturated carbocycles. The number of quaternary nitrogens is 1. The zero-order valence-electron chi connectivity index (χ0n) is 15.0. The molecule has 1 heterocycles. The van der Waals surface area contributed by atoms with Crippen molar-refractivity contribution in [3.63, 3.8) is 0 Å². The third kappa shape index (κ3) is 4.12. The molecule has 5 nitrogen and oxygen atoms in total. The average molecular weight is 341 g/mol. The van der Waals surface area contributed by atoms with E-state index in [0.717, 1.165) is 23.6 Å². The molecule has 2 N–H and O–H groups in total. The Morgan fingerprint density at radius 2 is 1.80 bits per heavy atom. The number of hydrogen-bond acceptors (Lipinski definition) is 3. The normalized spacial score (nSPS) is 14.8. The maximum absolute atomic E-state index is 12.5. The quantitative estimate of drug-likeness (QED) is 0.845. The smallest absolute Gasteiger partial charge is 0.282 e. The van der Waals surface area contributed by atoms with Crippen LogP contribution >= 0.6 is 0 Å². The van der Waals surface area contributed by atoms with Gasteiger partial charge in [0.1, 0.15) is 6.54 Å². The van der Waals surface area contributed by atoms with Gasteiger partial charge in [0.2, 0.25) is 6.79 Å². The van der Waals surface area contributed by atoms with Crippen LogP contribution in [0.15, 0.2) is 42.5 Å². The number of ether oxygens (including phenoxy) is 2. The molecule has 3 rings (SSSR count). The van der Waals surface area contributed by atoms with Crippen LogP contribution in [0.1, 0.15) is 25.0 Å². The van der Waals surface area contributed by atoms with Crippen molar-refractivity contribution in [1.29, 1.82) is 0 Å². The number of carbonyl (C=O) groups is 1. The monoisotopic (exact) mass is 341 g/mol. The second-order valence-electron chi connectivity index (χ2n) is 6.47. The molecule has 1 aliphatic rings. The van der Waals surface area contributed by atoms with Gasteiger partial charge in [0.05, 0.1) is 7.05 Å². The van der Waals surface area contributed by atoms with Gasteiger partial charge in [0.15, 0.2) is 17.5 Å². The second-order valence-corrected chi connectivity index (χ2v) is 6.47. The van der Waals surface area contributed by atoms with Crippen LogP contribution in [0, 0.1) is 0 Å². The minimum Gasteiger partial charge on any atom is -0.454 e. The molecule has 0 bridgehead atoms. The fourth-order valence-corrected chi connectivity index (χ4v) is 2.82. The minimum atomic E-state index is -0.170. The first-order chi connectivity index (χ1) is 12.1. The van der Waals surface area contributed by atoms with Gasteiger partial charge in [-0.3, -0.25) is 4.79 Å². The Labute approximate surface area is 148 Å². The molecule has 1 amide bonds. The lowest BCUT2D eigenvalue weighted by Crippen LogP contribution is -3.12. The van der Waals surface area contributed by atoms with Gasteiger partial charge in [-0.2, -0.15) is 0 Å². The van der Waals surface area contributed by atoms with Crippen molar-refractivity contribution in [1.82, 2.24) is 0 Å². The van der Waals surface area contributed by atoms with Crippen LogP contribution in [0.2, 0.25) is 0 Å². The van der Waals surface area contributed by atoms with Gasteiger partial charge in [-0.05, 0) is 31.0 Å². The van der Waals surface area contributed by atoms with Gasteiger partial charge < -0.3 is 19.7 Å². The van der Waals surface area contributed by atoms with Crippen LogP contribution in [-0.2, 0) is 17.8 Å². The van der Waals surface area contributed by atoms with E-state index in [1.54, 1.807) is 6.07 Å². The molecule has 2 atom stereocenters. The van der Waals surface area contributed by atoms with Crippen LogP contribution < -0.4 is 19.7 Å². The number of amides is 1. The highest BCUT2D eigenvalue weighted by Crippen LogP contribution is 2.34. The van der Waals surface area contributed by atoms with E-state index in [9.17, 15) is 4.79 Å². The maximum atomic E-state index is 12.5. The number of likely N-dealkylation sites (N-methyl/N-ethyl adjacent to an activating group) is 1. The van der Waals surface area contributed by atoms with Crippen LogP contribution in [0.4, 0.5) is 5.69 Å². The number of hydrogen-bond donors (Lipinski definition) is 2. The van der Waals surface area contributed by atoms with Crippen LogP contribution in [0.3, 0.4) is 0 Å². The Balaban J connectivity index is 1.59. The van der Waals surface area contributed by atoms with Crippen molar-refractivity contribution in [3.8, 4) is 11.5 Å². The highest BCUT2D eigenvalue weighted by molar-refractivity contribution is 5.93. The number of carbonyl (C=O) groups excluding carboxylic acids is 1. The highest BCUT2D eigenvalue weighted by Gasteiger charge is 2.23. The molecular weight excluding hydrogens is 316 g/mol. The van der Waals surface area contributed by atoms with Crippen molar-refractivity contribution in [2.24, 2.45) is 0 Å². The number of fused-ring (bicyclic) bond motifs is 1. The molecule has 0 aliphatic carbocycles. The lowest BCUT2D eigenvalue weighted by atomic mass is 10.1. The molecule has 0 aromatic heterocycles. The molecule has 1 unspecified atom stereocenters. The van der Waals surface area contributed by atoms with E-state index in [0.29, 0.717) is 11.5 Å². The summed E-state index contributed by atoms with van der Waals surface area (Å²) in [6.45, 7) is 5.12. The topological polar surface area (TPSA) is 52.0 Å². The molecule has 1 aliphatic heterocycles. The fraction of sp³-hybridized carbons (Fsp3) is 0.350. The molecule has 2 aromatic rings. The first-order valence-electron chi connectivity index (χ1n) is 8.67. The molecule has 2 aromatic carbocycles. The van der Waals surface area contributed by atoms with Gasteiger partial charge >= 0.3 is 0 Å². The molecule has 0 fully saturated rings. The number of anilines is 1. The lowest BCUT2D eigenvalue weighted by Gasteiger charge is -2.21. The third-order valence-corrected chi connectivity index (χ3v) is 4.69. The number of aryl methyl sites for hydroxylation is 1. The summed E-state index contributed by atoms with van der Waals surface area (Å²) in [4.78, 5) is 13.7. The Morgan fingerprint density at radius 3 is 2.52 bits per heavy atom. The zero-order chi connectivity index (χ0) is 17.8. The minimum absolute atomic E-state index is 0.0125. The van der Waals surface area contributed by atoms with Crippen molar-refractivity contribution in [2.75, 3.05) is 19.2 Å². The largest absolute Gasteiger partial charge is 0.454 e. The van der Waals surface area contributed by atoms with Crippen LogP contribution in [0.5, 0.6) is 11.5 Å². The first kappa shape index (κ1) is 17.3. The Hall–Kier alpha value is -2.53. The third-order valence-electron chi connectivity index (χ3n) is 4.69. The van der Waals surface area contributed by atoms with Crippen molar-refractivity contribution in [3.05, 3.63) is 53.6 Å². The Morgan fingerprint density at radius 1 is 1.12 bits per heavy atom. The van der Waals surface area contributed by atoms with E-state index in [2.05, 4.69) is 36.5 Å². The van der Waals surface area contributed by atoms with Gasteiger partial charge in [0.25, 0.3) is 5.91 Å². The molecular formula is C20H25N2O3+. The summed E-state index contributed by atoms with van der Waals surface area (Å²) < 4.78 is 10.6. The predicted octanol–water partition coefficient (Wildman–Crippen LogP) is 2.02. The molecule has 0 spiro atoms. The molecule has 132 valence electrons. The summed E-state index contributed by atoms with van der Waals surface area (Å²) >= 11 is 0. The molecule has 0 saturated heterocycles. The second kappa shape index (κ2) is 7.57. The summed E-state index contributed by atoms with van der Waals surface area (Å²) in [5.74, 6) is 1.37. The van der Waals surface area contributed by atoms with Crippen molar-refractivity contribution in [2.45, 2.75) is 32.9 Å². The number of nitrogens with one attached hydrogen (secondary N) is 2. The van der Waals surface area contributed by atoms with E-state index in [4.69, 9.17) is 9.47 Å². The lowest BCUT2D eigenvalue weighted by molar-refractivity contribution is -0.907. The number of benzene rings is 2. The van der Waals surface area contributed by atoms with E-state index >= 15 is 0 Å². The highest BCUT2D eigenvalue weighted by atomic mass is 16.7. The SMILES string of the molecule is CCc1ccc(C[NH+](C)[C@H](C)C(=O)Nc2ccc3c(c2)OCO3)cc1. The Bertz CT molecular complexity index is 743.